The van der Waals surface area contributed by atoms with Crippen LogP contribution < -0.4 is 20.1 Å². The number of methoxy groups -OCH3 is 1. The summed E-state index contributed by atoms with van der Waals surface area (Å²) in [7, 11) is 1.64. The number of anilines is 2. The molecule has 0 radical (unpaired) electrons. The van der Waals surface area contributed by atoms with Gasteiger partial charge in [0.15, 0.2) is 11.5 Å². The molecule has 2 heterocycles. The standard InChI is InChI=1S/C30H31N3O4/c1-18-24-11-7-19(16-32-17-20-8-9-21(31)14-25(20)29(32)34)13-26(24)30(35)33(18)22-10-12-27(36-2)28(15-22)37-23-5-3-4-6-23/h7-15,18,23H,3-6,16-17,31H2,1-2H3. The normalized spacial score (nSPS) is 18.9. The van der Waals surface area contributed by atoms with Gasteiger partial charge < -0.3 is 25.0 Å². The van der Waals surface area contributed by atoms with Crippen LogP contribution in [0.25, 0.3) is 0 Å². The van der Waals surface area contributed by atoms with Crippen molar-refractivity contribution in [1.82, 2.24) is 4.90 Å². The van der Waals surface area contributed by atoms with E-state index in [1.807, 2.05) is 60.4 Å². The lowest BCUT2D eigenvalue weighted by Gasteiger charge is -2.24. The van der Waals surface area contributed by atoms with Gasteiger partial charge in [0, 0.05) is 41.7 Å². The molecule has 7 heteroatoms. The molecule has 2 amide bonds. The highest BCUT2D eigenvalue weighted by Crippen LogP contribution is 2.42. The second-order valence-corrected chi connectivity index (χ2v) is 10.2. The van der Waals surface area contributed by atoms with Crippen molar-refractivity contribution in [1.29, 1.82) is 0 Å². The predicted octanol–water partition coefficient (Wildman–Crippen LogP) is 5.48. The molecule has 0 bridgehead atoms. The topological polar surface area (TPSA) is 85.1 Å². The molecule has 0 spiro atoms. The van der Waals surface area contributed by atoms with Crippen LogP contribution in [0.2, 0.25) is 0 Å². The fraction of sp³-hybridized carbons (Fsp3) is 0.333. The fourth-order valence-electron chi connectivity index (χ4n) is 5.86. The molecule has 1 atom stereocenters. The number of carbonyl (C=O) groups excluding carboxylic acids is 2. The van der Waals surface area contributed by atoms with Crippen LogP contribution in [0.3, 0.4) is 0 Å². The van der Waals surface area contributed by atoms with Gasteiger partial charge in [0.1, 0.15) is 0 Å². The van der Waals surface area contributed by atoms with Crippen LogP contribution in [-0.2, 0) is 13.1 Å². The van der Waals surface area contributed by atoms with E-state index >= 15 is 0 Å². The molecule has 2 aliphatic heterocycles. The Kier molecular flexibility index (Phi) is 5.78. The van der Waals surface area contributed by atoms with Crippen LogP contribution in [0.5, 0.6) is 11.5 Å². The van der Waals surface area contributed by atoms with E-state index in [1.54, 1.807) is 18.1 Å². The minimum atomic E-state index is -0.120. The molecule has 1 saturated carbocycles. The first-order chi connectivity index (χ1) is 17.9. The number of fused-ring (bicyclic) bond motifs is 2. The Bertz CT molecular complexity index is 1400. The van der Waals surface area contributed by atoms with Gasteiger partial charge in [-0.05, 0) is 79.6 Å². The van der Waals surface area contributed by atoms with E-state index < -0.39 is 0 Å². The molecule has 6 rings (SSSR count). The smallest absolute Gasteiger partial charge is 0.259 e. The first kappa shape index (κ1) is 23.4. The van der Waals surface area contributed by atoms with Gasteiger partial charge in [0.25, 0.3) is 11.8 Å². The SMILES string of the molecule is COc1ccc(N2C(=O)c3cc(CN4Cc5ccc(N)cc5C4=O)ccc3C2C)cc1OC1CCCC1. The Balaban J connectivity index is 1.24. The number of nitrogens with zero attached hydrogens (tertiary/aromatic N) is 2. The average molecular weight is 498 g/mol. The van der Waals surface area contributed by atoms with Crippen molar-refractivity contribution < 1.29 is 19.1 Å². The number of hydrogen-bond donors (Lipinski definition) is 1. The largest absolute Gasteiger partial charge is 0.493 e. The van der Waals surface area contributed by atoms with E-state index in [1.165, 1.54) is 12.8 Å². The number of nitrogen functional groups attached to an aromatic ring is 1. The number of amides is 2. The third kappa shape index (κ3) is 4.08. The summed E-state index contributed by atoms with van der Waals surface area (Å²) < 4.78 is 11.8. The number of hydrogen-bond acceptors (Lipinski definition) is 5. The lowest BCUT2D eigenvalue weighted by Crippen LogP contribution is -2.26. The summed E-state index contributed by atoms with van der Waals surface area (Å²) in [5, 5.41) is 0. The third-order valence-corrected chi connectivity index (χ3v) is 7.81. The molecule has 3 aromatic rings. The number of rotatable bonds is 6. The zero-order valence-electron chi connectivity index (χ0n) is 21.2. The molecular formula is C30H31N3O4. The van der Waals surface area contributed by atoms with Gasteiger partial charge in [0.05, 0.1) is 19.3 Å². The summed E-state index contributed by atoms with van der Waals surface area (Å²) in [5.74, 6) is 1.27. The molecule has 0 saturated heterocycles. The van der Waals surface area contributed by atoms with E-state index in [0.717, 1.165) is 35.2 Å². The van der Waals surface area contributed by atoms with Gasteiger partial charge in [0.2, 0.25) is 0 Å². The highest BCUT2D eigenvalue weighted by Gasteiger charge is 2.36. The summed E-state index contributed by atoms with van der Waals surface area (Å²) in [6.45, 7) is 3.01. The molecular weight excluding hydrogens is 466 g/mol. The summed E-state index contributed by atoms with van der Waals surface area (Å²) >= 11 is 0. The first-order valence-electron chi connectivity index (χ1n) is 12.9. The van der Waals surface area contributed by atoms with Gasteiger partial charge in [-0.2, -0.15) is 0 Å². The average Bonchev–Trinajstić information content (AvgIpc) is 3.58. The van der Waals surface area contributed by atoms with E-state index in [4.69, 9.17) is 15.2 Å². The van der Waals surface area contributed by atoms with Crippen LogP contribution in [0.15, 0.2) is 54.6 Å². The monoisotopic (exact) mass is 497 g/mol. The zero-order valence-corrected chi connectivity index (χ0v) is 21.2. The number of carbonyl (C=O) groups is 2. The summed E-state index contributed by atoms with van der Waals surface area (Å²) in [6, 6.07) is 17.0. The van der Waals surface area contributed by atoms with Crippen LogP contribution in [0.4, 0.5) is 11.4 Å². The van der Waals surface area contributed by atoms with E-state index in [2.05, 4.69) is 0 Å². The van der Waals surface area contributed by atoms with Crippen molar-refractivity contribution >= 4 is 23.2 Å². The van der Waals surface area contributed by atoms with Gasteiger partial charge in [-0.3, -0.25) is 9.59 Å². The van der Waals surface area contributed by atoms with E-state index in [0.29, 0.717) is 41.4 Å². The highest BCUT2D eigenvalue weighted by molar-refractivity contribution is 6.11. The minimum Gasteiger partial charge on any atom is -0.493 e. The van der Waals surface area contributed by atoms with Crippen molar-refractivity contribution in [3.8, 4) is 11.5 Å². The summed E-state index contributed by atoms with van der Waals surface area (Å²) in [6.07, 6.45) is 4.62. The molecule has 1 fully saturated rings. The maximum absolute atomic E-state index is 13.6. The van der Waals surface area contributed by atoms with Crippen LogP contribution in [-0.4, -0.2) is 29.9 Å². The lowest BCUT2D eigenvalue weighted by atomic mass is 10.0. The number of benzene rings is 3. The molecule has 1 unspecified atom stereocenters. The fourth-order valence-corrected chi connectivity index (χ4v) is 5.86. The van der Waals surface area contributed by atoms with Crippen LogP contribution >= 0.6 is 0 Å². The van der Waals surface area contributed by atoms with Gasteiger partial charge in [-0.15, -0.1) is 0 Å². The number of nitrogens with two attached hydrogens (primary N) is 1. The molecule has 37 heavy (non-hydrogen) atoms. The highest BCUT2D eigenvalue weighted by atomic mass is 16.5. The molecule has 3 aliphatic rings. The Morgan fingerprint density at radius 1 is 0.919 bits per heavy atom. The van der Waals surface area contributed by atoms with Gasteiger partial charge in [-0.1, -0.05) is 18.2 Å². The summed E-state index contributed by atoms with van der Waals surface area (Å²) in [4.78, 5) is 30.2. The summed E-state index contributed by atoms with van der Waals surface area (Å²) in [5.41, 5.74) is 11.5. The third-order valence-electron chi connectivity index (χ3n) is 7.81. The van der Waals surface area contributed by atoms with Crippen molar-refractivity contribution in [3.63, 3.8) is 0 Å². The van der Waals surface area contributed by atoms with Crippen LogP contribution in [0.1, 0.15) is 76.1 Å². The van der Waals surface area contributed by atoms with Crippen LogP contribution in [0, 0.1) is 0 Å². The van der Waals surface area contributed by atoms with Gasteiger partial charge in [-0.25, -0.2) is 0 Å². The molecule has 0 aromatic heterocycles. The maximum Gasteiger partial charge on any atom is 0.259 e. The molecule has 3 aromatic carbocycles. The minimum absolute atomic E-state index is 0.0304. The Hall–Kier alpha value is -4.00. The van der Waals surface area contributed by atoms with E-state index in [-0.39, 0.29) is 24.0 Å². The van der Waals surface area contributed by atoms with Crippen molar-refractivity contribution in [3.05, 3.63) is 82.4 Å². The Morgan fingerprint density at radius 3 is 2.51 bits per heavy atom. The molecule has 190 valence electrons. The second kappa shape index (κ2) is 9.14. The predicted molar refractivity (Wildman–Crippen MR) is 142 cm³/mol. The lowest BCUT2D eigenvalue weighted by molar-refractivity contribution is 0.0766. The maximum atomic E-state index is 13.6. The molecule has 2 N–H and O–H groups in total. The molecule has 1 aliphatic carbocycles. The van der Waals surface area contributed by atoms with Crippen molar-refractivity contribution in [2.45, 2.75) is 57.8 Å². The van der Waals surface area contributed by atoms with E-state index in [9.17, 15) is 9.59 Å². The quantitative estimate of drug-likeness (QED) is 0.456. The molecule has 7 nitrogen and oxygen atoms in total. The van der Waals surface area contributed by atoms with Crippen molar-refractivity contribution in [2.24, 2.45) is 0 Å². The Morgan fingerprint density at radius 2 is 1.73 bits per heavy atom. The zero-order chi connectivity index (χ0) is 25.7. The first-order valence-corrected chi connectivity index (χ1v) is 12.9. The number of ether oxygens (including phenoxy) is 2. The Labute approximate surface area is 216 Å². The van der Waals surface area contributed by atoms with Gasteiger partial charge >= 0.3 is 0 Å². The van der Waals surface area contributed by atoms with Crippen molar-refractivity contribution in [2.75, 3.05) is 17.7 Å². The second-order valence-electron chi connectivity index (χ2n) is 10.2.